The van der Waals surface area contributed by atoms with Crippen molar-refractivity contribution in [1.29, 1.82) is 0 Å². The van der Waals surface area contributed by atoms with Crippen molar-refractivity contribution >= 4 is 0 Å². The molecule has 7 saturated heterocycles. The molecular weight excluding hydrogens is 760 g/mol. The lowest BCUT2D eigenvalue weighted by Gasteiger charge is -2.62. The lowest BCUT2D eigenvalue weighted by Crippen LogP contribution is -2.76. The van der Waals surface area contributed by atoms with E-state index in [0.717, 1.165) is 0 Å². The summed E-state index contributed by atoms with van der Waals surface area (Å²) in [5, 5.41) is 7.91. The number of fused-ring (bicyclic) bond motifs is 4. The molecule has 13 nitrogen and oxygen atoms in total. The molecule has 2 unspecified atom stereocenters. The molecule has 4 bridgehead atoms. The van der Waals surface area contributed by atoms with Crippen molar-refractivity contribution in [1.82, 2.24) is 15.0 Å². The molecule has 0 radical (unpaired) electrons. The predicted molar refractivity (Wildman–Crippen MR) is 174 cm³/mol. The van der Waals surface area contributed by atoms with Crippen LogP contribution in [0.15, 0.2) is 17.5 Å². The van der Waals surface area contributed by atoms with Gasteiger partial charge in [0.2, 0.25) is 23.6 Å². The minimum atomic E-state index is -4.97. The maximum Gasteiger partial charge on any atom is 0.449 e. The molecule has 1 aromatic heterocycles. The Morgan fingerprint density at radius 2 is 1.41 bits per heavy atom. The van der Waals surface area contributed by atoms with Gasteiger partial charge in [-0.15, -0.1) is 5.10 Å². The fraction of sp³-hybridized carbons (Fsp3) is 0.892. The largest absolute Gasteiger partial charge is 0.456 e. The predicted octanol–water partition coefficient (Wildman–Crippen LogP) is 7.01. The van der Waals surface area contributed by atoms with E-state index < -0.39 is 90.2 Å². The summed E-state index contributed by atoms with van der Waals surface area (Å²) in [6.07, 6.45) is -6.92. The van der Waals surface area contributed by atoms with Crippen LogP contribution in [0.2, 0.25) is 0 Å². The molecule has 2 saturated carbocycles. The normalized spacial score (nSPS) is 47.2. The van der Waals surface area contributed by atoms with Crippen LogP contribution in [0.25, 0.3) is 0 Å². The van der Waals surface area contributed by atoms with Crippen LogP contribution < -0.4 is 0 Å². The van der Waals surface area contributed by atoms with Gasteiger partial charge in [-0.2, -0.15) is 26.3 Å². The number of hydrogen-bond acceptors (Lipinski definition) is 12. The maximum atomic E-state index is 15.3. The molecule has 2 aliphatic carbocycles. The highest BCUT2D eigenvalue weighted by Crippen LogP contribution is 2.65. The number of alkyl halides is 6. The van der Waals surface area contributed by atoms with Gasteiger partial charge in [-0.1, -0.05) is 26.0 Å². The fourth-order valence-electron chi connectivity index (χ4n) is 11.5. The van der Waals surface area contributed by atoms with Crippen molar-refractivity contribution in [3.63, 3.8) is 0 Å². The van der Waals surface area contributed by atoms with E-state index in [2.05, 4.69) is 17.2 Å². The number of rotatable bonds is 8. The third-order valence-electron chi connectivity index (χ3n) is 14.4. The number of hydrogen-bond donors (Lipinski definition) is 0. The number of aromatic nitrogens is 3. The molecule has 9 fully saturated rings. The van der Waals surface area contributed by atoms with Crippen molar-refractivity contribution in [3.8, 4) is 0 Å². The molecule has 10 aliphatic rings. The SMILES string of the molecule is C[C@@H]1CC[C@H]2C(COCc3cnnn3CCO[C@@]3(C(F)(F)F)O[C@@H]4O[C@]5(C)CCC6[C@H](C)CC[C@@H]([C@H]3C)[C@]64OO5)=C(C(F)(F)F)O[C@@H]3O[C@@]4(C)CCC1[C@]32OO4. The van der Waals surface area contributed by atoms with Gasteiger partial charge in [-0.3, -0.25) is 0 Å². The summed E-state index contributed by atoms with van der Waals surface area (Å²) < 4.78 is 127. The van der Waals surface area contributed by atoms with Gasteiger partial charge in [-0.05, 0) is 70.1 Å². The van der Waals surface area contributed by atoms with Crippen LogP contribution in [-0.4, -0.2) is 81.7 Å². The molecule has 1 aromatic rings. The average molecular weight is 810 g/mol. The molecule has 8 aliphatic heterocycles. The molecule has 14 atom stereocenters. The molecule has 0 amide bonds. The Bertz CT molecular complexity index is 1710. The van der Waals surface area contributed by atoms with Crippen LogP contribution in [-0.2, 0) is 61.1 Å². The zero-order chi connectivity index (χ0) is 39.7. The van der Waals surface area contributed by atoms with E-state index in [1.165, 1.54) is 17.8 Å². The number of nitrogens with zero attached hydrogens (tertiary/aromatic N) is 3. The Labute approximate surface area is 319 Å². The van der Waals surface area contributed by atoms with Gasteiger partial charge in [-0.25, -0.2) is 24.2 Å². The van der Waals surface area contributed by atoms with Crippen molar-refractivity contribution in [2.75, 3.05) is 13.2 Å². The quantitative estimate of drug-likeness (QED) is 0.198. The second kappa shape index (κ2) is 13.2. The first-order chi connectivity index (χ1) is 26.4. The van der Waals surface area contributed by atoms with Gasteiger partial charge in [0.05, 0.1) is 38.3 Å². The van der Waals surface area contributed by atoms with Gasteiger partial charge in [0.1, 0.15) is 0 Å². The number of ether oxygens (including phenoxy) is 6. The first-order valence-corrected chi connectivity index (χ1v) is 19.8. The van der Waals surface area contributed by atoms with E-state index in [-0.39, 0.29) is 42.4 Å². The molecule has 9 heterocycles. The van der Waals surface area contributed by atoms with Crippen molar-refractivity contribution in [3.05, 3.63) is 23.2 Å². The minimum absolute atomic E-state index is 0.115. The average Bonchev–Trinajstić information content (AvgIpc) is 3.26. The Morgan fingerprint density at radius 1 is 0.768 bits per heavy atom. The second-order valence-electron chi connectivity index (χ2n) is 17.6. The highest BCUT2D eigenvalue weighted by atomic mass is 19.4. The van der Waals surface area contributed by atoms with E-state index in [1.54, 1.807) is 13.8 Å². The van der Waals surface area contributed by atoms with E-state index in [9.17, 15) is 13.2 Å². The summed E-state index contributed by atoms with van der Waals surface area (Å²) in [6, 6.07) is 0. The van der Waals surface area contributed by atoms with Crippen molar-refractivity contribution in [2.45, 2.75) is 153 Å². The monoisotopic (exact) mass is 809 g/mol. The molecule has 19 heteroatoms. The highest BCUT2D eigenvalue weighted by molar-refractivity contribution is 5.28. The number of halogens is 6. The first kappa shape index (κ1) is 39.4. The summed E-state index contributed by atoms with van der Waals surface area (Å²) in [5.41, 5.74) is -2.34. The van der Waals surface area contributed by atoms with Gasteiger partial charge >= 0.3 is 12.4 Å². The fourth-order valence-corrected chi connectivity index (χ4v) is 11.5. The molecule has 11 rings (SSSR count). The molecule has 2 spiro atoms. The summed E-state index contributed by atoms with van der Waals surface area (Å²) in [5.74, 6) is -9.46. The van der Waals surface area contributed by atoms with E-state index >= 15 is 13.2 Å². The molecule has 56 heavy (non-hydrogen) atoms. The van der Waals surface area contributed by atoms with Crippen LogP contribution in [0.4, 0.5) is 26.3 Å². The smallest absolute Gasteiger partial charge is 0.449 e. The Hall–Kier alpha value is -2.10. The van der Waals surface area contributed by atoms with Crippen LogP contribution in [0.3, 0.4) is 0 Å². The lowest BCUT2D eigenvalue weighted by atomic mass is 9.57. The lowest BCUT2D eigenvalue weighted by molar-refractivity contribution is -0.599. The third-order valence-corrected chi connectivity index (χ3v) is 14.4. The Balaban J connectivity index is 0.917. The van der Waals surface area contributed by atoms with Crippen molar-refractivity contribution < 1.29 is 74.3 Å². The third kappa shape index (κ3) is 5.75. The van der Waals surface area contributed by atoms with E-state index in [1.807, 2.05) is 6.92 Å². The molecule has 314 valence electrons. The van der Waals surface area contributed by atoms with Crippen LogP contribution >= 0.6 is 0 Å². The Morgan fingerprint density at radius 3 is 2.09 bits per heavy atom. The van der Waals surface area contributed by atoms with Crippen LogP contribution in [0, 0.1) is 41.4 Å². The maximum absolute atomic E-state index is 15.3. The summed E-state index contributed by atoms with van der Waals surface area (Å²) in [7, 11) is 0. The molecule has 0 N–H and O–H groups in total. The zero-order valence-corrected chi connectivity index (χ0v) is 32.0. The zero-order valence-electron chi connectivity index (χ0n) is 32.0. The summed E-state index contributed by atoms with van der Waals surface area (Å²) >= 11 is 0. The first-order valence-electron chi connectivity index (χ1n) is 19.8. The topological polar surface area (TPSA) is 123 Å². The van der Waals surface area contributed by atoms with Gasteiger partial charge < -0.3 is 28.4 Å². The Kier molecular flexibility index (Phi) is 9.28. The van der Waals surface area contributed by atoms with Gasteiger partial charge in [0.15, 0.2) is 17.5 Å². The molecular formula is C37H49F6N3O10. The molecule has 0 aromatic carbocycles. The summed E-state index contributed by atoms with van der Waals surface area (Å²) in [6.45, 7) is 7.41. The van der Waals surface area contributed by atoms with E-state index in [4.69, 9.17) is 48.0 Å². The standard InChI is InChI=1S/C37H49F6N3O10/c1-19-6-8-26-21(3)35(37(41,42)43,52-30-33(26)24(19)10-13-32(5,51-30)54-55-33)48-15-14-46-22(16-44-45-46)17-47-18-23-27-9-7-20(2)25-11-12-31(4)50-29(34(25,27)56-53-31)49-28(23)36(38,39)40/h16,19-21,24-27,29-30H,6-15,17-18H2,1-5H3/t19-,20-,21-,24?,25?,26+,27+,29-,30+,31-,32+,33-,34-,35-/m1/s1. The van der Waals surface area contributed by atoms with E-state index in [0.29, 0.717) is 57.1 Å². The highest BCUT2D eigenvalue weighted by Gasteiger charge is 2.77. The van der Waals surface area contributed by atoms with Gasteiger partial charge in [0.25, 0.3) is 5.79 Å². The minimum Gasteiger partial charge on any atom is -0.456 e. The number of allylic oxidation sites excluding steroid dienone is 1. The van der Waals surface area contributed by atoms with Gasteiger partial charge in [0, 0.05) is 42.1 Å². The second-order valence-corrected chi connectivity index (χ2v) is 17.6. The van der Waals surface area contributed by atoms with Crippen molar-refractivity contribution in [2.24, 2.45) is 41.4 Å². The van der Waals surface area contributed by atoms with Crippen LogP contribution in [0.5, 0.6) is 0 Å². The summed E-state index contributed by atoms with van der Waals surface area (Å²) in [4.78, 5) is 23.5. The van der Waals surface area contributed by atoms with Crippen LogP contribution in [0.1, 0.15) is 91.7 Å².